The van der Waals surface area contributed by atoms with Crippen molar-refractivity contribution in [3.8, 4) is 0 Å². The van der Waals surface area contributed by atoms with Gasteiger partial charge in [0.2, 0.25) is 8.32 Å². The molecule has 0 fully saturated rings. The first-order chi connectivity index (χ1) is 4.45. The van der Waals surface area contributed by atoms with Gasteiger partial charge in [-0.25, -0.2) is 4.89 Å². The molecule has 0 aromatic rings. The second-order valence-corrected chi connectivity index (χ2v) is 8.07. The molecule has 1 unspecified atom stereocenters. The molecule has 62 valence electrons. The number of rotatable bonds is 4. The van der Waals surface area contributed by atoms with E-state index in [1.807, 2.05) is 19.6 Å². The van der Waals surface area contributed by atoms with Crippen LogP contribution >= 0.6 is 0 Å². The average Bonchev–Trinajstić information content (AvgIpc) is 1.59. The van der Waals surface area contributed by atoms with Gasteiger partial charge in [-0.2, -0.15) is 4.21 Å². The van der Waals surface area contributed by atoms with Crippen molar-refractivity contribution in [3.05, 3.63) is 0 Å². The van der Waals surface area contributed by atoms with Crippen LogP contribution in [0.2, 0.25) is 19.6 Å². The first-order valence-corrected chi connectivity index (χ1v) is 7.19. The summed E-state index contributed by atoms with van der Waals surface area (Å²) in [5, 5.41) is 0. The summed E-state index contributed by atoms with van der Waals surface area (Å²) in [4.78, 5) is 4.15. The molecule has 0 bridgehead atoms. The Morgan fingerprint density at radius 3 is 2.10 bits per heavy atom. The van der Waals surface area contributed by atoms with Gasteiger partial charge in [0.25, 0.3) is 0 Å². The minimum atomic E-state index is -1.76. The van der Waals surface area contributed by atoms with Gasteiger partial charge in [0, 0.05) is 0 Å². The largest absolute Gasteiger partial charge is 0.323 e. The smallest absolute Gasteiger partial charge is 0.312 e. The van der Waals surface area contributed by atoms with Crippen LogP contribution in [0.25, 0.3) is 0 Å². The van der Waals surface area contributed by atoms with Crippen LogP contribution in [0.3, 0.4) is 0 Å². The van der Waals surface area contributed by atoms with Crippen molar-refractivity contribution in [2.45, 2.75) is 19.6 Å². The van der Waals surface area contributed by atoms with E-state index in [1.165, 1.54) is 7.11 Å². The molecule has 0 aliphatic rings. The molecule has 0 aliphatic carbocycles. The van der Waals surface area contributed by atoms with Crippen molar-refractivity contribution in [1.82, 2.24) is 0 Å². The van der Waals surface area contributed by atoms with Gasteiger partial charge in [-0.1, -0.05) is 0 Å². The third-order valence-corrected chi connectivity index (χ3v) is 3.23. The minimum Gasteiger partial charge on any atom is -0.312 e. The minimum absolute atomic E-state index is 1.28. The summed E-state index contributed by atoms with van der Waals surface area (Å²) in [6, 6.07) is 0. The van der Waals surface area contributed by atoms with Crippen molar-refractivity contribution in [2.24, 2.45) is 0 Å². The Bertz CT molecular complexity index is 121. The quantitative estimate of drug-likeness (QED) is 0.371. The van der Waals surface area contributed by atoms with Gasteiger partial charge in [-0.15, -0.1) is 4.33 Å². The normalized spacial score (nSPS) is 15.2. The van der Waals surface area contributed by atoms with Gasteiger partial charge in [0.1, 0.15) is 0 Å². The van der Waals surface area contributed by atoms with E-state index in [0.717, 1.165) is 0 Å². The van der Waals surface area contributed by atoms with Gasteiger partial charge < -0.3 is 3.87 Å². The molecule has 10 heavy (non-hydrogen) atoms. The summed E-state index contributed by atoms with van der Waals surface area (Å²) in [7, 11) is -0.479. The molecular weight excluding hydrogens is 172 g/mol. The van der Waals surface area contributed by atoms with Crippen molar-refractivity contribution in [3.63, 3.8) is 0 Å². The summed E-state index contributed by atoms with van der Waals surface area (Å²) in [6.45, 7) is 5.72. The highest BCUT2D eigenvalue weighted by Gasteiger charge is 2.19. The van der Waals surface area contributed by atoms with Crippen molar-refractivity contribution in [1.29, 1.82) is 0 Å². The molecule has 0 radical (unpaired) electrons. The Labute approximate surface area is 64.4 Å². The SMILES string of the molecule is COOS(=O)O[Si](C)(C)C. The predicted molar refractivity (Wildman–Crippen MR) is 40.7 cm³/mol. The Balaban J connectivity index is 3.58. The first-order valence-electron chi connectivity index (χ1n) is 2.78. The molecule has 0 aliphatic heterocycles. The molecule has 4 nitrogen and oxygen atoms in total. The lowest BCUT2D eigenvalue weighted by Crippen LogP contribution is -2.27. The molecule has 0 aromatic heterocycles. The van der Waals surface area contributed by atoms with E-state index in [0.29, 0.717) is 0 Å². The summed E-state index contributed by atoms with van der Waals surface area (Å²) in [6.07, 6.45) is 0. The number of hydrogen-bond donors (Lipinski definition) is 0. The van der Waals surface area contributed by atoms with E-state index in [2.05, 4.69) is 9.22 Å². The highest BCUT2D eigenvalue weighted by Crippen LogP contribution is 2.05. The lowest BCUT2D eigenvalue weighted by atomic mass is 11.8. The zero-order valence-electron chi connectivity index (χ0n) is 6.54. The van der Waals surface area contributed by atoms with Gasteiger partial charge in [-0.3, -0.25) is 0 Å². The van der Waals surface area contributed by atoms with Gasteiger partial charge in [0.15, 0.2) is 0 Å². The fourth-order valence-corrected chi connectivity index (χ4v) is 2.13. The Hall–Kier alpha value is 0.247. The van der Waals surface area contributed by atoms with Crippen LogP contribution in [-0.2, 0) is 24.5 Å². The van der Waals surface area contributed by atoms with E-state index in [1.54, 1.807) is 0 Å². The molecular formula is C4H12O4SSi. The summed E-state index contributed by atoms with van der Waals surface area (Å²) >= 11 is -1.75. The third-order valence-electron chi connectivity index (χ3n) is 0.442. The maximum absolute atomic E-state index is 10.6. The summed E-state index contributed by atoms with van der Waals surface area (Å²) < 4.78 is 19.8. The van der Waals surface area contributed by atoms with Crippen molar-refractivity contribution < 1.29 is 17.3 Å². The Kier molecular flexibility index (Phi) is 4.30. The van der Waals surface area contributed by atoms with Crippen LogP contribution in [0.5, 0.6) is 0 Å². The molecule has 0 amide bonds. The molecule has 0 N–H and O–H groups in total. The van der Waals surface area contributed by atoms with Crippen LogP contribution in [0.15, 0.2) is 0 Å². The lowest BCUT2D eigenvalue weighted by Gasteiger charge is -2.12. The highest BCUT2D eigenvalue weighted by atomic mass is 32.2. The molecule has 0 aromatic carbocycles. The molecule has 6 heteroatoms. The summed E-state index contributed by atoms with van der Waals surface area (Å²) in [5.74, 6) is 0. The maximum Gasteiger partial charge on any atom is 0.323 e. The van der Waals surface area contributed by atoms with E-state index < -0.39 is 19.7 Å². The average molecular weight is 184 g/mol. The highest BCUT2D eigenvalue weighted by molar-refractivity contribution is 7.76. The van der Waals surface area contributed by atoms with Gasteiger partial charge >= 0.3 is 11.4 Å². The van der Waals surface area contributed by atoms with Crippen LogP contribution in [-0.4, -0.2) is 19.6 Å². The van der Waals surface area contributed by atoms with Crippen molar-refractivity contribution in [2.75, 3.05) is 7.11 Å². The second kappa shape index (κ2) is 4.19. The molecule has 0 saturated heterocycles. The van der Waals surface area contributed by atoms with Gasteiger partial charge in [-0.05, 0) is 19.6 Å². The molecule has 0 spiro atoms. The second-order valence-electron chi connectivity index (χ2n) is 2.63. The molecule has 1 atom stereocenters. The van der Waals surface area contributed by atoms with E-state index in [9.17, 15) is 4.21 Å². The van der Waals surface area contributed by atoms with Crippen LogP contribution < -0.4 is 0 Å². The fraction of sp³-hybridized carbons (Fsp3) is 1.00. The zero-order valence-corrected chi connectivity index (χ0v) is 8.36. The van der Waals surface area contributed by atoms with Crippen molar-refractivity contribution >= 4 is 19.7 Å². The Morgan fingerprint density at radius 2 is 1.80 bits per heavy atom. The van der Waals surface area contributed by atoms with E-state index >= 15 is 0 Å². The summed E-state index contributed by atoms with van der Waals surface area (Å²) in [5.41, 5.74) is 0. The Morgan fingerprint density at radius 1 is 1.30 bits per heavy atom. The van der Waals surface area contributed by atoms with Crippen LogP contribution in [0, 0.1) is 0 Å². The molecule has 0 heterocycles. The van der Waals surface area contributed by atoms with Crippen LogP contribution in [0.1, 0.15) is 0 Å². The van der Waals surface area contributed by atoms with E-state index in [-0.39, 0.29) is 0 Å². The lowest BCUT2D eigenvalue weighted by molar-refractivity contribution is -0.172. The monoisotopic (exact) mass is 184 g/mol. The predicted octanol–water partition coefficient (Wildman–Crippen LogP) is 0.995. The molecule has 0 rings (SSSR count). The van der Waals surface area contributed by atoms with Gasteiger partial charge in [0.05, 0.1) is 7.11 Å². The first kappa shape index (κ1) is 10.2. The topological polar surface area (TPSA) is 44.8 Å². The molecule has 0 saturated carbocycles. The fourth-order valence-electron chi connectivity index (χ4n) is 0.274. The third kappa shape index (κ3) is 6.37. The number of hydrogen-bond acceptors (Lipinski definition) is 4. The standard InChI is InChI=1S/C4H12O4SSi/c1-6-7-9(5)8-10(2,3)4/h1-4H3. The van der Waals surface area contributed by atoms with Crippen LogP contribution in [0.4, 0.5) is 0 Å². The zero-order chi connectivity index (χ0) is 8.20. The van der Waals surface area contributed by atoms with E-state index in [4.69, 9.17) is 3.87 Å². The maximum atomic E-state index is 10.6.